The number of fused-ring (bicyclic) bond motifs is 3. The predicted molar refractivity (Wildman–Crippen MR) is 98.2 cm³/mol. The maximum absolute atomic E-state index is 13.0. The average Bonchev–Trinajstić information content (AvgIpc) is 2.98. The lowest BCUT2D eigenvalue weighted by Gasteiger charge is -2.57. The molecular weight excluding hydrogens is 348 g/mol. The van der Waals surface area contributed by atoms with Gasteiger partial charge in [0.15, 0.2) is 15.6 Å². The van der Waals surface area contributed by atoms with E-state index >= 15 is 0 Å². The predicted octanol–water partition coefficient (Wildman–Crippen LogP) is 3.11. The van der Waals surface area contributed by atoms with Crippen molar-refractivity contribution in [3.8, 4) is 0 Å². The van der Waals surface area contributed by atoms with Crippen LogP contribution in [-0.2, 0) is 19.4 Å². The molecule has 0 aromatic carbocycles. The highest BCUT2D eigenvalue weighted by Crippen LogP contribution is 2.69. The number of hydrogen-bond acceptors (Lipinski definition) is 4. The third-order valence-corrected chi connectivity index (χ3v) is 11.3. The van der Waals surface area contributed by atoms with Crippen LogP contribution in [0.25, 0.3) is 0 Å². The Morgan fingerprint density at radius 2 is 1.92 bits per heavy atom. The minimum Gasteiger partial charge on any atom is -0.300 e. The number of sulfone groups is 1. The normalized spacial score (nSPS) is 51.2. The SMILES string of the molecule is CC(=O)[C@H]1CC[C@H]2[C@@H]3C[C@@H]4C5=CC(=O)CC[C@]5(CS4(=O)=O)[C@H]3CC[C@]12C. The van der Waals surface area contributed by atoms with Crippen LogP contribution in [0.2, 0.25) is 0 Å². The van der Waals surface area contributed by atoms with Gasteiger partial charge in [-0.25, -0.2) is 8.42 Å². The molecule has 5 rings (SSSR count). The molecule has 142 valence electrons. The van der Waals surface area contributed by atoms with Crippen molar-refractivity contribution in [2.75, 3.05) is 5.75 Å². The van der Waals surface area contributed by atoms with Gasteiger partial charge in [-0.3, -0.25) is 9.59 Å². The van der Waals surface area contributed by atoms with Crippen molar-refractivity contribution in [2.24, 2.45) is 34.5 Å². The van der Waals surface area contributed by atoms with Crippen molar-refractivity contribution in [1.82, 2.24) is 0 Å². The third kappa shape index (κ3) is 1.93. The van der Waals surface area contributed by atoms with Gasteiger partial charge in [0.2, 0.25) is 0 Å². The zero-order valence-corrected chi connectivity index (χ0v) is 16.5. The lowest BCUT2D eigenvalue weighted by molar-refractivity contribution is -0.128. The van der Waals surface area contributed by atoms with Gasteiger partial charge < -0.3 is 0 Å². The maximum Gasteiger partial charge on any atom is 0.157 e. The Hall–Kier alpha value is -0.970. The van der Waals surface area contributed by atoms with E-state index in [-0.39, 0.29) is 28.3 Å². The summed E-state index contributed by atoms with van der Waals surface area (Å²) in [6, 6.07) is 0. The van der Waals surface area contributed by atoms with Crippen molar-refractivity contribution in [3.63, 3.8) is 0 Å². The van der Waals surface area contributed by atoms with Gasteiger partial charge in [0.05, 0.1) is 11.0 Å². The van der Waals surface area contributed by atoms with E-state index in [0.717, 1.165) is 31.3 Å². The standard InChI is InChI=1S/C21H28O4S/c1-12(22)15-3-4-16-14-10-19-18-9-13(23)5-8-21(18,11-26(19,24)25)17(14)6-7-20(15,16)2/h9,14-17,19H,3-8,10-11H2,1-2H3/t14-,15+,16-,17-,19+,20+,21-/m0/s1. The van der Waals surface area contributed by atoms with Gasteiger partial charge in [-0.1, -0.05) is 6.92 Å². The molecule has 0 radical (unpaired) electrons. The molecule has 26 heavy (non-hydrogen) atoms. The summed E-state index contributed by atoms with van der Waals surface area (Å²) >= 11 is 0. The van der Waals surface area contributed by atoms with Crippen LogP contribution in [0.5, 0.6) is 0 Å². The molecule has 0 N–H and O–H groups in total. The molecule has 1 saturated heterocycles. The van der Waals surface area contributed by atoms with Crippen LogP contribution in [0.4, 0.5) is 0 Å². The average molecular weight is 377 g/mol. The molecule has 4 aliphatic carbocycles. The molecule has 0 unspecified atom stereocenters. The maximum atomic E-state index is 13.0. The minimum absolute atomic E-state index is 0.0402. The summed E-state index contributed by atoms with van der Waals surface area (Å²) in [5.74, 6) is 2.04. The Bertz CT molecular complexity index is 840. The van der Waals surface area contributed by atoms with Crippen LogP contribution in [-0.4, -0.2) is 31.0 Å². The smallest absolute Gasteiger partial charge is 0.157 e. The van der Waals surface area contributed by atoms with Crippen LogP contribution in [0.3, 0.4) is 0 Å². The summed E-state index contributed by atoms with van der Waals surface area (Å²) in [5.41, 5.74) is 0.717. The largest absolute Gasteiger partial charge is 0.300 e. The molecule has 0 aromatic rings. The van der Waals surface area contributed by atoms with Crippen LogP contribution in [0, 0.1) is 34.5 Å². The van der Waals surface area contributed by atoms with Gasteiger partial charge in [0.1, 0.15) is 5.78 Å². The van der Waals surface area contributed by atoms with Gasteiger partial charge in [-0.15, -0.1) is 0 Å². The molecule has 0 spiro atoms. The molecule has 0 amide bonds. The first-order valence-corrected chi connectivity index (χ1v) is 11.9. The topological polar surface area (TPSA) is 68.3 Å². The molecule has 4 nitrogen and oxygen atoms in total. The van der Waals surface area contributed by atoms with E-state index in [9.17, 15) is 18.0 Å². The first-order chi connectivity index (χ1) is 12.2. The van der Waals surface area contributed by atoms with E-state index < -0.39 is 15.1 Å². The van der Waals surface area contributed by atoms with Crippen molar-refractivity contribution in [3.05, 3.63) is 11.6 Å². The molecule has 1 aliphatic heterocycles. The molecule has 3 saturated carbocycles. The Balaban J connectivity index is 1.60. The summed E-state index contributed by atoms with van der Waals surface area (Å²) in [5, 5.41) is -0.438. The van der Waals surface area contributed by atoms with E-state index in [1.54, 1.807) is 13.0 Å². The van der Waals surface area contributed by atoms with Crippen LogP contribution in [0.1, 0.15) is 58.8 Å². The number of ketones is 2. The summed E-state index contributed by atoms with van der Waals surface area (Å²) in [6.07, 6.45) is 7.65. The van der Waals surface area contributed by atoms with Gasteiger partial charge in [-0.05, 0) is 80.3 Å². The number of Topliss-reactive ketones (excluding diaryl/α,β-unsaturated/α-hetero) is 1. The zero-order valence-electron chi connectivity index (χ0n) is 15.7. The molecule has 4 fully saturated rings. The molecule has 2 bridgehead atoms. The second kappa shape index (κ2) is 5.09. The van der Waals surface area contributed by atoms with Gasteiger partial charge in [-0.2, -0.15) is 0 Å². The van der Waals surface area contributed by atoms with Crippen molar-refractivity contribution in [2.45, 2.75) is 64.0 Å². The van der Waals surface area contributed by atoms with Gasteiger partial charge in [0, 0.05) is 17.8 Å². The van der Waals surface area contributed by atoms with Crippen molar-refractivity contribution >= 4 is 21.4 Å². The van der Waals surface area contributed by atoms with Crippen molar-refractivity contribution < 1.29 is 18.0 Å². The molecule has 0 aromatic heterocycles. The Morgan fingerprint density at radius 1 is 1.15 bits per heavy atom. The number of carbonyl (C=O) groups excluding carboxylic acids is 2. The fraction of sp³-hybridized carbons (Fsp3) is 0.810. The Labute approximate surface area is 155 Å². The van der Waals surface area contributed by atoms with Crippen molar-refractivity contribution in [1.29, 1.82) is 0 Å². The monoisotopic (exact) mass is 376 g/mol. The first kappa shape index (κ1) is 17.2. The summed E-state index contributed by atoms with van der Waals surface area (Å²) in [4.78, 5) is 24.3. The Morgan fingerprint density at radius 3 is 2.65 bits per heavy atom. The fourth-order valence-electron chi connectivity index (χ4n) is 8.10. The van der Waals surface area contributed by atoms with Gasteiger partial charge >= 0.3 is 0 Å². The second-order valence-corrected chi connectivity index (χ2v) is 12.1. The summed E-state index contributed by atoms with van der Waals surface area (Å²) in [6.45, 7) is 4.02. The van der Waals surface area contributed by atoms with E-state index in [0.29, 0.717) is 42.8 Å². The quantitative estimate of drug-likeness (QED) is 0.705. The molecule has 1 heterocycles. The fourth-order valence-corrected chi connectivity index (χ4v) is 10.7. The summed E-state index contributed by atoms with van der Waals surface area (Å²) in [7, 11) is -3.16. The highest BCUT2D eigenvalue weighted by molar-refractivity contribution is 7.92. The zero-order chi connectivity index (χ0) is 18.5. The van der Waals surface area contributed by atoms with Crippen LogP contribution in [0.15, 0.2) is 11.6 Å². The van der Waals surface area contributed by atoms with Crippen LogP contribution >= 0.6 is 0 Å². The summed E-state index contributed by atoms with van der Waals surface area (Å²) < 4.78 is 26.0. The molecule has 7 atom stereocenters. The lowest BCUT2D eigenvalue weighted by atomic mass is 9.46. The highest BCUT2D eigenvalue weighted by Gasteiger charge is 2.67. The first-order valence-electron chi connectivity index (χ1n) is 10.2. The van der Waals surface area contributed by atoms with Gasteiger partial charge in [0.25, 0.3) is 0 Å². The number of hydrogen-bond donors (Lipinski definition) is 0. The minimum atomic E-state index is -3.16. The molecule has 5 heteroatoms. The number of rotatable bonds is 1. The van der Waals surface area contributed by atoms with E-state index in [1.165, 1.54) is 0 Å². The van der Waals surface area contributed by atoms with Crippen LogP contribution < -0.4 is 0 Å². The second-order valence-electron chi connectivity index (χ2n) is 9.92. The Kier molecular flexibility index (Phi) is 3.36. The highest BCUT2D eigenvalue weighted by atomic mass is 32.2. The lowest BCUT2D eigenvalue weighted by Crippen LogP contribution is -2.52. The van der Waals surface area contributed by atoms with E-state index in [2.05, 4.69) is 6.92 Å². The molecule has 5 aliphatic rings. The number of carbonyl (C=O) groups is 2. The van der Waals surface area contributed by atoms with E-state index in [1.807, 2.05) is 0 Å². The third-order valence-electron chi connectivity index (χ3n) is 9.07. The molecular formula is C21H28O4S. The van der Waals surface area contributed by atoms with E-state index in [4.69, 9.17) is 0 Å².